The van der Waals surface area contributed by atoms with Crippen LogP contribution in [0.25, 0.3) is 0 Å². The van der Waals surface area contributed by atoms with Crippen LogP contribution in [-0.4, -0.2) is 26.6 Å². The van der Waals surface area contributed by atoms with E-state index in [0.29, 0.717) is 25.0 Å². The molecule has 0 amide bonds. The summed E-state index contributed by atoms with van der Waals surface area (Å²) in [6.45, 7) is 5.17. The van der Waals surface area contributed by atoms with Crippen LogP contribution in [0, 0.1) is 11.2 Å². The molecule has 1 heterocycles. The molecule has 5 heteroatoms. The Labute approximate surface area is 100 Å². The zero-order valence-electron chi connectivity index (χ0n) is 9.90. The molecule has 1 aliphatic heterocycles. The van der Waals surface area contributed by atoms with Gasteiger partial charge < -0.3 is 9.31 Å². The summed E-state index contributed by atoms with van der Waals surface area (Å²) in [5.41, 5.74) is 0.823. The molecule has 1 aromatic rings. The van der Waals surface area contributed by atoms with Crippen molar-refractivity contribution in [2.24, 2.45) is 5.41 Å². The molecule has 2 rings (SSSR count). The maximum Gasteiger partial charge on any atom is 0.494 e. The molecule has 0 bridgehead atoms. The second-order valence-electron chi connectivity index (χ2n) is 5.01. The van der Waals surface area contributed by atoms with E-state index < -0.39 is 12.9 Å². The summed E-state index contributed by atoms with van der Waals surface area (Å²) in [5, 5.41) is 0. The van der Waals surface area contributed by atoms with Crippen LogP contribution in [0.4, 0.5) is 4.39 Å². The molecular formula is C12H14BFO3. The lowest BCUT2D eigenvalue weighted by atomic mass is 9.73. The summed E-state index contributed by atoms with van der Waals surface area (Å²) in [4.78, 5) is 10.9. The first-order valence-electron chi connectivity index (χ1n) is 5.50. The largest absolute Gasteiger partial charge is 0.494 e. The van der Waals surface area contributed by atoms with Gasteiger partial charge in [0, 0.05) is 24.2 Å². The Hall–Kier alpha value is -1.20. The third-order valence-corrected chi connectivity index (χ3v) is 2.68. The average Bonchev–Trinajstić information content (AvgIpc) is 2.29. The Morgan fingerprint density at radius 2 is 2.00 bits per heavy atom. The molecule has 17 heavy (non-hydrogen) atoms. The molecule has 1 saturated heterocycles. The Balaban J connectivity index is 2.21. The molecule has 1 aromatic carbocycles. The quantitative estimate of drug-likeness (QED) is 0.575. The lowest BCUT2D eigenvalue weighted by Crippen LogP contribution is -2.48. The zero-order chi connectivity index (χ0) is 12.5. The third-order valence-electron chi connectivity index (χ3n) is 2.68. The third kappa shape index (κ3) is 2.73. The highest BCUT2D eigenvalue weighted by Gasteiger charge is 2.34. The van der Waals surface area contributed by atoms with E-state index in [4.69, 9.17) is 9.31 Å². The Kier molecular flexibility index (Phi) is 3.31. The molecule has 0 spiro atoms. The molecule has 0 unspecified atom stereocenters. The van der Waals surface area contributed by atoms with Gasteiger partial charge in [-0.25, -0.2) is 4.39 Å². The summed E-state index contributed by atoms with van der Waals surface area (Å²) in [6.07, 6.45) is 0.616. The lowest BCUT2D eigenvalue weighted by Gasteiger charge is -2.33. The van der Waals surface area contributed by atoms with Crippen LogP contribution in [0.15, 0.2) is 18.2 Å². The highest BCUT2D eigenvalue weighted by atomic mass is 19.1. The van der Waals surface area contributed by atoms with Crippen molar-refractivity contribution in [3.8, 4) is 0 Å². The van der Waals surface area contributed by atoms with Gasteiger partial charge >= 0.3 is 7.12 Å². The Bertz CT molecular complexity index is 424. The summed E-state index contributed by atoms with van der Waals surface area (Å²) in [6, 6.07) is 4.02. The molecule has 0 aromatic heterocycles. The van der Waals surface area contributed by atoms with Gasteiger partial charge in [-0.1, -0.05) is 19.9 Å². The van der Waals surface area contributed by atoms with Crippen molar-refractivity contribution in [3.63, 3.8) is 0 Å². The van der Waals surface area contributed by atoms with Crippen molar-refractivity contribution in [3.05, 3.63) is 29.6 Å². The van der Waals surface area contributed by atoms with Gasteiger partial charge in [-0.2, -0.15) is 0 Å². The van der Waals surface area contributed by atoms with Gasteiger partial charge in [-0.15, -0.1) is 0 Å². The zero-order valence-corrected chi connectivity index (χ0v) is 9.90. The summed E-state index contributed by atoms with van der Waals surface area (Å²) in [7, 11) is -0.580. The van der Waals surface area contributed by atoms with Gasteiger partial charge in [0.1, 0.15) is 12.1 Å². The number of carbonyl (C=O) groups excluding carboxylic acids is 1. The SMILES string of the molecule is CC1(C)COB(c2ccc(F)cc2C=O)OC1. The average molecular weight is 236 g/mol. The van der Waals surface area contributed by atoms with E-state index in [1.807, 2.05) is 13.8 Å². The molecular weight excluding hydrogens is 222 g/mol. The van der Waals surface area contributed by atoms with E-state index in [0.717, 1.165) is 0 Å². The summed E-state index contributed by atoms with van der Waals surface area (Å²) >= 11 is 0. The Morgan fingerprint density at radius 3 is 2.59 bits per heavy atom. The summed E-state index contributed by atoms with van der Waals surface area (Å²) in [5.74, 6) is -0.438. The van der Waals surface area contributed by atoms with Crippen molar-refractivity contribution in [2.45, 2.75) is 13.8 Å². The van der Waals surface area contributed by atoms with E-state index in [9.17, 15) is 9.18 Å². The molecule has 0 aliphatic carbocycles. The van der Waals surface area contributed by atoms with Gasteiger partial charge in [-0.3, -0.25) is 4.79 Å². The van der Waals surface area contributed by atoms with Gasteiger partial charge in [0.15, 0.2) is 0 Å². The van der Waals surface area contributed by atoms with Crippen molar-refractivity contribution < 1.29 is 18.5 Å². The highest BCUT2D eigenvalue weighted by molar-refractivity contribution is 6.62. The number of halogens is 1. The van der Waals surface area contributed by atoms with Gasteiger partial charge in [0.05, 0.1) is 0 Å². The van der Waals surface area contributed by atoms with E-state index in [-0.39, 0.29) is 11.0 Å². The van der Waals surface area contributed by atoms with Crippen LogP contribution in [0.3, 0.4) is 0 Å². The number of hydrogen-bond donors (Lipinski definition) is 0. The fourth-order valence-electron chi connectivity index (χ4n) is 1.73. The van der Waals surface area contributed by atoms with Crippen LogP contribution < -0.4 is 5.46 Å². The first-order valence-corrected chi connectivity index (χ1v) is 5.50. The van der Waals surface area contributed by atoms with Crippen LogP contribution in [0.2, 0.25) is 0 Å². The number of aldehydes is 1. The lowest BCUT2D eigenvalue weighted by molar-refractivity contribution is 0.0342. The number of carbonyl (C=O) groups is 1. The monoisotopic (exact) mass is 236 g/mol. The Morgan fingerprint density at radius 1 is 1.35 bits per heavy atom. The van der Waals surface area contributed by atoms with E-state index in [1.165, 1.54) is 18.2 Å². The normalized spacial score (nSPS) is 19.1. The molecule has 0 radical (unpaired) electrons. The summed E-state index contributed by atoms with van der Waals surface area (Å²) < 4.78 is 24.1. The predicted molar refractivity (Wildman–Crippen MR) is 62.9 cm³/mol. The smallest absolute Gasteiger partial charge is 0.407 e. The molecule has 3 nitrogen and oxygen atoms in total. The van der Waals surface area contributed by atoms with Crippen molar-refractivity contribution in [2.75, 3.05) is 13.2 Å². The minimum atomic E-state index is -0.580. The topological polar surface area (TPSA) is 35.5 Å². The fourth-order valence-corrected chi connectivity index (χ4v) is 1.73. The maximum absolute atomic E-state index is 13.0. The molecule has 1 aliphatic rings. The van der Waals surface area contributed by atoms with Gasteiger partial charge in [0.2, 0.25) is 0 Å². The van der Waals surface area contributed by atoms with Gasteiger partial charge in [0.25, 0.3) is 0 Å². The number of benzene rings is 1. The van der Waals surface area contributed by atoms with Crippen LogP contribution in [0.5, 0.6) is 0 Å². The van der Waals surface area contributed by atoms with Crippen molar-refractivity contribution >= 4 is 18.9 Å². The van der Waals surface area contributed by atoms with E-state index in [2.05, 4.69) is 0 Å². The first kappa shape index (κ1) is 12.3. The van der Waals surface area contributed by atoms with Crippen LogP contribution in [-0.2, 0) is 9.31 Å². The maximum atomic E-state index is 13.0. The predicted octanol–water partition coefficient (Wildman–Crippen LogP) is 1.41. The van der Waals surface area contributed by atoms with E-state index in [1.54, 1.807) is 0 Å². The fraction of sp³-hybridized carbons (Fsp3) is 0.417. The first-order chi connectivity index (χ1) is 8.02. The number of rotatable bonds is 2. The molecule has 0 N–H and O–H groups in total. The van der Waals surface area contributed by atoms with Crippen LogP contribution in [0.1, 0.15) is 24.2 Å². The molecule has 0 atom stereocenters. The molecule has 90 valence electrons. The van der Waals surface area contributed by atoms with E-state index >= 15 is 0 Å². The minimum absolute atomic E-state index is 0.0299. The second-order valence-corrected chi connectivity index (χ2v) is 5.01. The second kappa shape index (κ2) is 4.59. The number of hydrogen-bond acceptors (Lipinski definition) is 3. The van der Waals surface area contributed by atoms with Gasteiger partial charge in [-0.05, 0) is 17.6 Å². The molecule has 0 saturated carbocycles. The van der Waals surface area contributed by atoms with Crippen LogP contribution >= 0.6 is 0 Å². The molecule has 1 fully saturated rings. The minimum Gasteiger partial charge on any atom is -0.407 e. The standard InChI is InChI=1S/C12H14BFO3/c1-12(2)7-16-13(17-8-12)11-4-3-10(14)5-9(11)6-15/h3-6H,7-8H2,1-2H3. The highest BCUT2D eigenvalue weighted by Crippen LogP contribution is 2.21. The van der Waals surface area contributed by atoms with Crippen molar-refractivity contribution in [1.29, 1.82) is 0 Å². The van der Waals surface area contributed by atoms with Crippen molar-refractivity contribution in [1.82, 2.24) is 0 Å².